The second kappa shape index (κ2) is 5.10. The number of hydrogen-bond acceptors (Lipinski definition) is 3. The topological polar surface area (TPSA) is 36.6 Å². The molecule has 2 aromatic rings. The van der Waals surface area contributed by atoms with Gasteiger partial charge in [-0.3, -0.25) is 0 Å². The molecule has 1 aromatic heterocycles. The van der Waals surface area contributed by atoms with E-state index in [0.29, 0.717) is 6.42 Å². The molecule has 19 heavy (non-hydrogen) atoms. The summed E-state index contributed by atoms with van der Waals surface area (Å²) in [6.07, 6.45) is 3.84. The van der Waals surface area contributed by atoms with Crippen molar-refractivity contribution in [2.24, 2.45) is 0 Å². The number of aliphatic hydroxyl groups is 1. The van der Waals surface area contributed by atoms with E-state index in [1.807, 2.05) is 18.2 Å². The zero-order valence-corrected chi connectivity index (χ0v) is 11.0. The number of anilines is 1. The third-order valence-corrected chi connectivity index (χ3v) is 3.90. The van der Waals surface area contributed by atoms with Crippen LogP contribution in [0.4, 0.5) is 5.69 Å². The van der Waals surface area contributed by atoms with Crippen molar-refractivity contribution in [3.05, 3.63) is 54.5 Å². The lowest BCUT2D eigenvalue weighted by atomic mass is 9.87. The molecule has 0 amide bonds. The molecule has 0 atom stereocenters. The second-order valence-corrected chi connectivity index (χ2v) is 5.30. The Balaban J connectivity index is 1.62. The number of nitrogens with zero attached hydrogens (tertiary/aromatic N) is 1. The molecule has 0 radical (unpaired) electrons. The van der Waals surface area contributed by atoms with Crippen LogP contribution >= 0.6 is 0 Å². The highest BCUT2D eigenvalue weighted by Crippen LogP contribution is 2.29. The molecule has 0 aliphatic carbocycles. The van der Waals surface area contributed by atoms with E-state index in [-0.39, 0.29) is 0 Å². The first-order chi connectivity index (χ1) is 9.25. The van der Waals surface area contributed by atoms with Gasteiger partial charge in [0, 0.05) is 25.2 Å². The van der Waals surface area contributed by atoms with Crippen molar-refractivity contribution in [2.45, 2.75) is 24.9 Å². The van der Waals surface area contributed by atoms with Crippen molar-refractivity contribution in [1.82, 2.24) is 0 Å². The van der Waals surface area contributed by atoms with Crippen LogP contribution in [-0.2, 0) is 6.42 Å². The lowest BCUT2D eigenvalue weighted by molar-refractivity contribution is 0.0121. The highest BCUT2D eigenvalue weighted by Gasteiger charge is 2.33. The van der Waals surface area contributed by atoms with E-state index in [9.17, 15) is 5.11 Å². The van der Waals surface area contributed by atoms with Gasteiger partial charge in [-0.2, -0.15) is 0 Å². The fraction of sp³-hybridized carbons (Fsp3) is 0.375. The highest BCUT2D eigenvalue weighted by atomic mass is 16.3. The van der Waals surface area contributed by atoms with Crippen molar-refractivity contribution >= 4 is 5.69 Å². The van der Waals surface area contributed by atoms with Crippen molar-refractivity contribution in [3.8, 4) is 0 Å². The maximum atomic E-state index is 10.6. The van der Waals surface area contributed by atoms with Crippen LogP contribution < -0.4 is 4.90 Å². The van der Waals surface area contributed by atoms with Gasteiger partial charge in [0.15, 0.2) is 0 Å². The van der Waals surface area contributed by atoms with Crippen LogP contribution in [0.3, 0.4) is 0 Å². The summed E-state index contributed by atoms with van der Waals surface area (Å²) in [5.41, 5.74) is 0.617. The summed E-state index contributed by atoms with van der Waals surface area (Å²) < 4.78 is 5.34. The van der Waals surface area contributed by atoms with E-state index in [2.05, 4.69) is 29.2 Å². The maximum Gasteiger partial charge on any atom is 0.106 e. The molecular formula is C16H19NO2. The molecule has 100 valence electrons. The minimum absolute atomic E-state index is 0.614. The van der Waals surface area contributed by atoms with Crippen LogP contribution in [0, 0.1) is 0 Å². The Kier molecular flexibility index (Phi) is 3.30. The van der Waals surface area contributed by atoms with Crippen molar-refractivity contribution in [2.75, 3.05) is 18.0 Å². The first kappa shape index (κ1) is 12.3. The molecule has 3 nitrogen and oxygen atoms in total. The van der Waals surface area contributed by atoms with Crippen LogP contribution in [0.15, 0.2) is 53.1 Å². The monoisotopic (exact) mass is 257 g/mol. The zero-order chi connectivity index (χ0) is 13.1. The summed E-state index contributed by atoms with van der Waals surface area (Å²) in [7, 11) is 0. The van der Waals surface area contributed by atoms with Gasteiger partial charge in [-0.25, -0.2) is 0 Å². The van der Waals surface area contributed by atoms with Gasteiger partial charge in [-0.1, -0.05) is 18.2 Å². The fourth-order valence-electron chi connectivity index (χ4n) is 2.73. The summed E-state index contributed by atoms with van der Waals surface area (Å²) in [4.78, 5) is 2.33. The Morgan fingerprint density at radius 2 is 1.79 bits per heavy atom. The molecule has 2 heterocycles. The average Bonchev–Trinajstić information content (AvgIpc) is 2.93. The van der Waals surface area contributed by atoms with E-state index in [0.717, 1.165) is 31.7 Å². The Labute approximate surface area is 113 Å². The molecule has 0 unspecified atom stereocenters. The van der Waals surface area contributed by atoms with E-state index in [1.165, 1.54) is 5.69 Å². The quantitative estimate of drug-likeness (QED) is 0.918. The summed E-state index contributed by atoms with van der Waals surface area (Å²) in [6, 6.07) is 14.2. The van der Waals surface area contributed by atoms with Gasteiger partial charge >= 0.3 is 0 Å². The Morgan fingerprint density at radius 3 is 2.42 bits per heavy atom. The first-order valence-electron chi connectivity index (χ1n) is 6.80. The maximum absolute atomic E-state index is 10.6. The first-order valence-corrected chi connectivity index (χ1v) is 6.80. The molecular weight excluding hydrogens is 238 g/mol. The zero-order valence-electron chi connectivity index (χ0n) is 11.0. The lowest BCUT2D eigenvalue weighted by Gasteiger charge is -2.39. The molecule has 0 spiro atoms. The fourth-order valence-corrected chi connectivity index (χ4v) is 2.73. The summed E-state index contributed by atoms with van der Waals surface area (Å²) in [6.45, 7) is 1.78. The average molecular weight is 257 g/mol. The van der Waals surface area contributed by atoms with Crippen molar-refractivity contribution in [1.29, 1.82) is 0 Å². The Bertz CT molecular complexity index is 499. The third kappa shape index (κ3) is 2.82. The van der Waals surface area contributed by atoms with Crippen molar-refractivity contribution < 1.29 is 9.52 Å². The Morgan fingerprint density at radius 1 is 1.05 bits per heavy atom. The minimum Gasteiger partial charge on any atom is -0.469 e. The third-order valence-electron chi connectivity index (χ3n) is 3.90. The lowest BCUT2D eigenvalue weighted by Crippen LogP contribution is -2.45. The van der Waals surface area contributed by atoms with E-state index in [1.54, 1.807) is 6.26 Å². The van der Waals surface area contributed by atoms with E-state index in [4.69, 9.17) is 4.42 Å². The molecule has 1 fully saturated rings. The highest BCUT2D eigenvalue weighted by molar-refractivity contribution is 5.46. The summed E-state index contributed by atoms with van der Waals surface area (Å²) in [5, 5.41) is 10.6. The van der Waals surface area contributed by atoms with Crippen LogP contribution in [0.25, 0.3) is 0 Å². The van der Waals surface area contributed by atoms with Gasteiger partial charge in [-0.05, 0) is 37.1 Å². The largest absolute Gasteiger partial charge is 0.469 e. The van der Waals surface area contributed by atoms with Gasteiger partial charge in [0.05, 0.1) is 11.9 Å². The van der Waals surface area contributed by atoms with Crippen molar-refractivity contribution in [3.63, 3.8) is 0 Å². The summed E-state index contributed by atoms with van der Waals surface area (Å²) >= 11 is 0. The number of hydrogen-bond donors (Lipinski definition) is 1. The number of rotatable bonds is 3. The van der Waals surface area contributed by atoms with Gasteiger partial charge in [0.25, 0.3) is 0 Å². The van der Waals surface area contributed by atoms with Gasteiger partial charge in [0.2, 0.25) is 0 Å². The Hall–Kier alpha value is -1.74. The molecule has 3 rings (SSSR count). The summed E-state index contributed by atoms with van der Waals surface area (Å²) in [5.74, 6) is 0.871. The number of para-hydroxylation sites is 1. The molecule has 1 saturated heterocycles. The van der Waals surface area contributed by atoms with Crippen LogP contribution in [0.5, 0.6) is 0 Å². The number of furan rings is 1. The van der Waals surface area contributed by atoms with Gasteiger partial charge in [0.1, 0.15) is 5.76 Å². The molecule has 3 heteroatoms. The van der Waals surface area contributed by atoms with Crippen LogP contribution in [-0.4, -0.2) is 23.8 Å². The SMILES string of the molecule is OC1(Cc2ccco2)CCN(c2ccccc2)CC1. The standard InChI is InChI=1S/C16H19NO2/c18-16(13-15-7-4-12-19-15)8-10-17(11-9-16)14-5-2-1-3-6-14/h1-7,12,18H,8-11,13H2. The molecule has 0 bridgehead atoms. The minimum atomic E-state index is -0.622. The second-order valence-electron chi connectivity index (χ2n) is 5.30. The van der Waals surface area contributed by atoms with Gasteiger partial charge in [-0.15, -0.1) is 0 Å². The normalized spacial score (nSPS) is 18.5. The van der Waals surface area contributed by atoms with Crippen LogP contribution in [0.2, 0.25) is 0 Å². The van der Waals surface area contributed by atoms with E-state index >= 15 is 0 Å². The predicted octanol–water partition coefficient (Wildman–Crippen LogP) is 2.85. The molecule has 1 N–H and O–H groups in total. The number of piperidine rings is 1. The molecule has 1 aliphatic rings. The predicted molar refractivity (Wildman–Crippen MR) is 75.3 cm³/mol. The number of benzene rings is 1. The molecule has 1 aromatic carbocycles. The van der Waals surface area contributed by atoms with Gasteiger partial charge < -0.3 is 14.4 Å². The van der Waals surface area contributed by atoms with E-state index < -0.39 is 5.60 Å². The smallest absolute Gasteiger partial charge is 0.106 e. The molecule has 0 saturated carbocycles. The van der Waals surface area contributed by atoms with Crippen LogP contribution in [0.1, 0.15) is 18.6 Å². The molecule has 1 aliphatic heterocycles.